The van der Waals surface area contributed by atoms with E-state index in [0.29, 0.717) is 41.7 Å². The summed E-state index contributed by atoms with van der Waals surface area (Å²) in [6.45, 7) is 8.35. The standard InChI is InChI=1S/C37H42N8O7.2H2/c1-22-20-44(31-19-29(40-21-41-31)33(39)27-18-24(4-6-28(27)38)52-37(2)9-10-37)12-11-43(22)13-14-50-15-16-51-23-3-5-25-26(17-23)36(49)45(35(25)48)30-7-8-32(46)42-34(30)47;;/h3-6,17-19,21-22,30,39H,7-16,20,38H2,1-2H3,(H,42,46,47);2*1H/t22-,30?;;/m0../s1. The van der Waals surface area contributed by atoms with E-state index in [2.05, 4.69) is 38.9 Å². The maximum atomic E-state index is 13.1. The van der Waals surface area contributed by atoms with Gasteiger partial charge in [-0.2, -0.15) is 0 Å². The van der Waals surface area contributed by atoms with Gasteiger partial charge in [-0.25, -0.2) is 9.97 Å². The van der Waals surface area contributed by atoms with E-state index >= 15 is 0 Å². The summed E-state index contributed by atoms with van der Waals surface area (Å²) in [7, 11) is 0. The van der Waals surface area contributed by atoms with Crippen LogP contribution in [0.3, 0.4) is 0 Å². The molecule has 52 heavy (non-hydrogen) atoms. The Balaban J connectivity index is 0.00000280. The van der Waals surface area contributed by atoms with Crippen LogP contribution >= 0.6 is 0 Å². The average Bonchev–Trinajstić information content (AvgIpc) is 3.81. The number of nitrogens with two attached hydrogens (primary N) is 1. The Bertz CT molecular complexity index is 1940. The largest absolute Gasteiger partial charge is 0.491 e. The van der Waals surface area contributed by atoms with Crippen LogP contribution < -0.4 is 25.4 Å². The summed E-state index contributed by atoms with van der Waals surface area (Å²) in [5, 5.41) is 11.1. The van der Waals surface area contributed by atoms with Crippen molar-refractivity contribution in [2.45, 2.75) is 57.2 Å². The predicted octanol–water partition coefficient (Wildman–Crippen LogP) is 2.91. The van der Waals surface area contributed by atoms with Gasteiger partial charge in [0.25, 0.3) is 11.8 Å². The van der Waals surface area contributed by atoms with Crippen molar-refractivity contribution in [2.24, 2.45) is 0 Å². The highest BCUT2D eigenvalue weighted by Gasteiger charge is 2.45. The molecular formula is C37H46N8O7. The Kier molecular flexibility index (Phi) is 9.63. The number of nitrogen functional groups attached to an aromatic ring is 1. The maximum Gasteiger partial charge on any atom is 0.262 e. The third-order valence-corrected chi connectivity index (χ3v) is 10.0. The van der Waals surface area contributed by atoms with E-state index in [4.69, 9.17) is 25.4 Å². The summed E-state index contributed by atoms with van der Waals surface area (Å²) in [6, 6.07) is 11.1. The average molecular weight is 715 g/mol. The van der Waals surface area contributed by atoms with Gasteiger partial charge in [0.1, 0.15) is 41.9 Å². The normalized spacial score (nSPS) is 21.2. The van der Waals surface area contributed by atoms with E-state index in [1.807, 2.05) is 18.2 Å². The summed E-state index contributed by atoms with van der Waals surface area (Å²) >= 11 is 0. The van der Waals surface area contributed by atoms with Gasteiger partial charge in [0.15, 0.2) is 0 Å². The number of amides is 4. The maximum absolute atomic E-state index is 13.1. The summed E-state index contributed by atoms with van der Waals surface area (Å²) in [5.74, 6) is -0.336. The molecule has 2 atom stereocenters. The Morgan fingerprint density at radius 1 is 1.00 bits per heavy atom. The molecule has 3 aromatic rings. The molecule has 3 aliphatic heterocycles. The summed E-state index contributed by atoms with van der Waals surface area (Å²) in [4.78, 5) is 64.2. The van der Waals surface area contributed by atoms with Crippen molar-refractivity contribution < 1.29 is 36.2 Å². The minimum Gasteiger partial charge on any atom is -0.491 e. The number of piperazine rings is 1. The molecule has 0 spiro atoms. The number of hydrogen-bond acceptors (Lipinski definition) is 13. The van der Waals surface area contributed by atoms with Gasteiger partial charge in [0, 0.05) is 58.8 Å². The first-order chi connectivity index (χ1) is 25.0. The molecule has 0 radical (unpaired) electrons. The molecular weight excluding hydrogens is 668 g/mol. The number of piperidine rings is 1. The molecule has 1 aromatic heterocycles. The van der Waals surface area contributed by atoms with Gasteiger partial charge in [-0.15, -0.1) is 0 Å². The van der Waals surface area contributed by atoms with Gasteiger partial charge < -0.3 is 24.8 Å². The fraction of sp³-hybridized carbons (Fsp3) is 0.432. The predicted molar refractivity (Wildman–Crippen MR) is 194 cm³/mol. The molecule has 4 heterocycles. The fourth-order valence-corrected chi connectivity index (χ4v) is 6.75. The number of anilines is 2. The molecule has 15 nitrogen and oxygen atoms in total. The summed E-state index contributed by atoms with van der Waals surface area (Å²) in [6.07, 6.45) is 3.68. The smallest absolute Gasteiger partial charge is 0.262 e. The van der Waals surface area contributed by atoms with Crippen molar-refractivity contribution in [1.82, 2.24) is 25.1 Å². The van der Waals surface area contributed by atoms with E-state index in [-0.39, 0.29) is 50.8 Å². The molecule has 3 fully saturated rings. The number of fused-ring (bicyclic) bond motifs is 1. The van der Waals surface area contributed by atoms with Crippen LogP contribution in [0.25, 0.3) is 0 Å². The molecule has 2 aromatic carbocycles. The number of nitrogens with one attached hydrogen (secondary N) is 2. The van der Waals surface area contributed by atoms with Crippen molar-refractivity contribution in [2.75, 3.05) is 56.6 Å². The topological polar surface area (TPSA) is 193 Å². The lowest BCUT2D eigenvalue weighted by Gasteiger charge is -2.40. The van der Waals surface area contributed by atoms with Crippen molar-refractivity contribution in [1.29, 1.82) is 5.41 Å². The molecule has 276 valence electrons. The van der Waals surface area contributed by atoms with Crippen LogP contribution in [0.2, 0.25) is 0 Å². The van der Waals surface area contributed by atoms with Crippen molar-refractivity contribution in [3.63, 3.8) is 0 Å². The molecule has 1 saturated carbocycles. The molecule has 4 aliphatic rings. The van der Waals surface area contributed by atoms with Gasteiger partial charge in [0.05, 0.1) is 35.7 Å². The van der Waals surface area contributed by atoms with Crippen LogP contribution in [-0.4, -0.2) is 113 Å². The fourth-order valence-electron chi connectivity index (χ4n) is 6.75. The van der Waals surface area contributed by atoms with Gasteiger partial charge in [-0.3, -0.25) is 39.7 Å². The highest BCUT2D eigenvalue weighted by molar-refractivity contribution is 6.23. The molecule has 4 N–H and O–H groups in total. The number of rotatable bonds is 13. The zero-order valence-corrected chi connectivity index (χ0v) is 29.2. The molecule has 2 saturated heterocycles. The number of imide groups is 2. The third kappa shape index (κ3) is 7.32. The van der Waals surface area contributed by atoms with E-state index in [0.717, 1.165) is 49.7 Å². The molecule has 15 heteroatoms. The van der Waals surface area contributed by atoms with E-state index < -0.39 is 29.7 Å². The van der Waals surface area contributed by atoms with E-state index in [1.54, 1.807) is 12.1 Å². The monoisotopic (exact) mass is 714 g/mol. The Hall–Kier alpha value is -5.41. The van der Waals surface area contributed by atoms with Crippen LogP contribution in [0.4, 0.5) is 11.5 Å². The zero-order chi connectivity index (χ0) is 36.6. The number of benzene rings is 2. The lowest BCUT2D eigenvalue weighted by molar-refractivity contribution is -0.136. The number of hydrogen-bond donors (Lipinski definition) is 3. The van der Waals surface area contributed by atoms with Crippen LogP contribution in [-0.2, 0) is 14.3 Å². The molecule has 0 bridgehead atoms. The van der Waals surface area contributed by atoms with Crippen LogP contribution in [0.1, 0.15) is 74.4 Å². The molecule has 1 aliphatic carbocycles. The van der Waals surface area contributed by atoms with Gasteiger partial charge in [-0.1, -0.05) is 0 Å². The van der Waals surface area contributed by atoms with Gasteiger partial charge in [-0.05, 0) is 69.5 Å². The number of carbonyl (C=O) groups excluding carboxylic acids is 4. The first-order valence-electron chi connectivity index (χ1n) is 17.5. The van der Waals surface area contributed by atoms with E-state index in [9.17, 15) is 19.2 Å². The van der Waals surface area contributed by atoms with E-state index in [1.165, 1.54) is 18.5 Å². The second-order valence-corrected chi connectivity index (χ2v) is 13.9. The first kappa shape index (κ1) is 35.0. The van der Waals surface area contributed by atoms with Crippen LogP contribution in [0, 0.1) is 5.41 Å². The Morgan fingerprint density at radius 2 is 1.79 bits per heavy atom. The summed E-state index contributed by atoms with van der Waals surface area (Å²) in [5.41, 5.74) is 8.27. The minimum atomic E-state index is -1.01. The lowest BCUT2D eigenvalue weighted by Crippen LogP contribution is -2.54. The van der Waals surface area contributed by atoms with Gasteiger partial charge in [0.2, 0.25) is 11.8 Å². The quantitative estimate of drug-likeness (QED) is 0.102. The summed E-state index contributed by atoms with van der Waals surface area (Å²) < 4.78 is 17.8. The highest BCUT2D eigenvalue weighted by Crippen LogP contribution is 2.40. The van der Waals surface area contributed by atoms with Crippen molar-refractivity contribution >= 4 is 40.8 Å². The Labute approximate surface area is 303 Å². The number of ether oxygens (including phenoxy) is 3. The molecule has 1 unspecified atom stereocenters. The highest BCUT2D eigenvalue weighted by atomic mass is 16.5. The number of nitrogens with zero attached hydrogens (tertiary/aromatic N) is 5. The first-order valence-corrected chi connectivity index (χ1v) is 17.5. The third-order valence-electron chi connectivity index (χ3n) is 10.0. The second-order valence-electron chi connectivity index (χ2n) is 13.9. The second kappa shape index (κ2) is 14.3. The minimum absolute atomic E-state index is 0. The SMILES string of the molecule is C[C@H]1CN(c2cc(C(=N)c3cc(OC4(C)CC4)ccc3N)ncn2)CCN1CCOCCOc1ccc2c(c1)C(=O)N(C1CCC(=O)NC1=O)C2=O.[HH].[HH]. The molecule has 7 rings (SSSR count). The number of carbonyl (C=O) groups is 4. The Morgan fingerprint density at radius 3 is 2.56 bits per heavy atom. The molecule has 4 amide bonds. The lowest BCUT2D eigenvalue weighted by atomic mass is 10.0. The number of aromatic nitrogens is 2. The zero-order valence-electron chi connectivity index (χ0n) is 29.2. The van der Waals surface area contributed by atoms with Gasteiger partial charge >= 0.3 is 0 Å². The van der Waals surface area contributed by atoms with Crippen LogP contribution in [0.15, 0.2) is 48.8 Å². The van der Waals surface area contributed by atoms with Crippen LogP contribution in [0.5, 0.6) is 11.5 Å². The van der Waals surface area contributed by atoms with Crippen molar-refractivity contribution in [3.8, 4) is 11.5 Å². The van der Waals surface area contributed by atoms with Crippen molar-refractivity contribution in [3.05, 3.63) is 71.2 Å².